The Morgan fingerprint density at radius 1 is 1.22 bits per heavy atom. The highest BCUT2D eigenvalue weighted by Crippen LogP contribution is 2.55. The fraction of sp³-hybridized carbons (Fsp3) is 0.636. The molecule has 4 nitrogen and oxygen atoms in total. The second kappa shape index (κ2) is 7.42. The highest BCUT2D eigenvalue weighted by Gasteiger charge is 2.51. The summed E-state index contributed by atoms with van der Waals surface area (Å²) < 4.78 is 5.82. The Kier molecular flexibility index (Phi) is 5.15. The first-order valence-electron chi connectivity index (χ1n) is 10.3. The van der Waals surface area contributed by atoms with E-state index in [2.05, 4.69) is 17.6 Å². The molecule has 0 heterocycles. The van der Waals surface area contributed by atoms with Crippen molar-refractivity contribution in [2.24, 2.45) is 17.8 Å². The Morgan fingerprint density at radius 3 is 2.44 bits per heavy atom. The quantitative estimate of drug-likeness (QED) is 0.735. The average molecular weight is 387 g/mol. The van der Waals surface area contributed by atoms with Crippen LogP contribution in [0.15, 0.2) is 24.3 Å². The summed E-state index contributed by atoms with van der Waals surface area (Å²) in [5.74, 6) is 3.08. The first-order valence-corrected chi connectivity index (χ1v) is 10.8. The number of hydrogen-bond donors (Lipinski definition) is 2. The summed E-state index contributed by atoms with van der Waals surface area (Å²) in [6.07, 6.45) is 8.83. The van der Waals surface area contributed by atoms with Gasteiger partial charge in [-0.2, -0.15) is 0 Å². The Bertz CT molecular complexity index is 697. The Hall–Kier alpha value is -1.62. The third-order valence-corrected chi connectivity index (χ3v) is 6.86. The zero-order valence-electron chi connectivity index (χ0n) is 16.3. The molecule has 27 heavy (non-hydrogen) atoms. The topological polar surface area (TPSA) is 50.4 Å². The molecule has 146 valence electrons. The Balaban J connectivity index is 1.37. The predicted molar refractivity (Wildman–Crippen MR) is 111 cm³/mol. The normalized spacial score (nSPS) is 32.0. The minimum absolute atomic E-state index is 0.112. The number of hydrogen-bond acceptors (Lipinski definition) is 3. The van der Waals surface area contributed by atoms with E-state index in [-0.39, 0.29) is 17.6 Å². The van der Waals surface area contributed by atoms with Gasteiger partial charge in [0.2, 0.25) is 0 Å². The molecule has 4 aliphatic rings. The van der Waals surface area contributed by atoms with Gasteiger partial charge in [-0.3, -0.25) is 10.1 Å². The van der Waals surface area contributed by atoms with Crippen LogP contribution < -0.4 is 15.4 Å². The smallest absolute Gasteiger partial charge is 0.257 e. The second-order valence-corrected chi connectivity index (χ2v) is 9.38. The monoisotopic (exact) mass is 386 g/mol. The van der Waals surface area contributed by atoms with Crippen molar-refractivity contribution in [3.63, 3.8) is 0 Å². The first-order chi connectivity index (χ1) is 12.9. The molecule has 1 unspecified atom stereocenters. The molecule has 2 N–H and O–H groups in total. The lowest BCUT2D eigenvalue weighted by Crippen LogP contribution is -2.61. The van der Waals surface area contributed by atoms with E-state index in [1.54, 1.807) is 12.1 Å². The zero-order chi connectivity index (χ0) is 19.0. The van der Waals surface area contributed by atoms with E-state index in [9.17, 15) is 4.79 Å². The number of carbonyl (C=O) groups excluding carboxylic acids is 1. The maximum Gasteiger partial charge on any atom is 0.257 e. The molecule has 4 bridgehead atoms. The van der Waals surface area contributed by atoms with E-state index in [4.69, 9.17) is 17.0 Å². The van der Waals surface area contributed by atoms with Crippen molar-refractivity contribution in [3.8, 4) is 5.75 Å². The summed E-state index contributed by atoms with van der Waals surface area (Å²) in [4.78, 5) is 12.7. The zero-order valence-corrected chi connectivity index (χ0v) is 17.1. The molecule has 5 rings (SSSR count). The van der Waals surface area contributed by atoms with Gasteiger partial charge in [0, 0.05) is 11.1 Å². The molecule has 1 atom stereocenters. The number of carbonyl (C=O) groups is 1. The van der Waals surface area contributed by atoms with Crippen molar-refractivity contribution in [1.82, 2.24) is 10.6 Å². The van der Waals surface area contributed by atoms with Crippen LogP contribution in [-0.2, 0) is 0 Å². The third-order valence-electron chi connectivity index (χ3n) is 6.65. The number of rotatable bonds is 5. The summed E-state index contributed by atoms with van der Waals surface area (Å²) in [5.41, 5.74) is 0.686. The Morgan fingerprint density at radius 2 is 1.85 bits per heavy atom. The molecule has 0 saturated heterocycles. The summed E-state index contributed by atoms with van der Waals surface area (Å²) in [5, 5.41) is 6.91. The largest absolute Gasteiger partial charge is 0.491 e. The molecule has 1 amide bonds. The van der Waals surface area contributed by atoms with Crippen LogP contribution >= 0.6 is 12.2 Å². The van der Waals surface area contributed by atoms with Crippen LogP contribution in [0.4, 0.5) is 0 Å². The van der Waals surface area contributed by atoms with E-state index < -0.39 is 0 Å². The lowest BCUT2D eigenvalue weighted by molar-refractivity contribution is -0.0101. The summed E-state index contributed by atoms with van der Waals surface area (Å²) in [6.45, 7) is 4.10. The minimum atomic E-state index is -0.174. The highest BCUT2D eigenvalue weighted by molar-refractivity contribution is 7.80. The van der Waals surface area contributed by atoms with E-state index in [0.717, 1.165) is 29.9 Å². The fourth-order valence-corrected chi connectivity index (χ4v) is 6.05. The number of amides is 1. The van der Waals surface area contributed by atoms with Gasteiger partial charge in [-0.15, -0.1) is 0 Å². The second-order valence-electron chi connectivity index (χ2n) is 8.97. The van der Waals surface area contributed by atoms with Crippen LogP contribution in [0.1, 0.15) is 69.2 Å². The SMILES string of the molecule is CCC(C)Oc1cccc(C(=O)NC(=S)NC23CC4CC(CC(C4)C2)C3)c1. The van der Waals surface area contributed by atoms with E-state index in [1.165, 1.54) is 38.5 Å². The third kappa shape index (κ3) is 4.13. The number of benzene rings is 1. The number of nitrogens with one attached hydrogen (secondary N) is 2. The first kappa shape index (κ1) is 18.7. The van der Waals surface area contributed by atoms with Gasteiger partial charge in [0.25, 0.3) is 5.91 Å². The standard InChI is InChI=1S/C22H30N2O2S/c1-3-14(2)26-19-6-4-5-18(10-19)20(25)23-21(27)24-22-11-15-7-16(12-22)9-17(8-15)13-22/h4-6,10,14-17H,3,7-9,11-13H2,1-2H3,(H2,23,24,25,27). The molecular formula is C22H30N2O2S. The summed E-state index contributed by atoms with van der Waals surface area (Å²) >= 11 is 5.51. The molecule has 4 saturated carbocycles. The van der Waals surface area contributed by atoms with E-state index in [1.807, 2.05) is 19.1 Å². The average Bonchev–Trinajstić information content (AvgIpc) is 2.60. The lowest BCUT2D eigenvalue weighted by atomic mass is 9.53. The van der Waals surface area contributed by atoms with Crippen LogP contribution in [-0.4, -0.2) is 22.7 Å². The van der Waals surface area contributed by atoms with Crippen LogP contribution in [0.5, 0.6) is 5.75 Å². The van der Waals surface area contributed by atoms with Gasteiger partial charge in [0.05, 0.1) is 6.10 Å². The molecule has 0 spiro atoms. The molecule has 1 aromatic carbocycles. The van der Waals surface area contributed by atoms with Gasteiger partial charge >= 0.3 is 0 Å². The molecule has 0 aromatic heterocycles. The van der Waals surface area contributed by atoms with Crippen molar-refractivity contribution >= 4 is 23.2 Å². The van der Waals surface area contributed by atoms with E-state index in [0.29, 0.717) is 10.7 Å². The molecule has 0 aliphatic heterocycles. The molecular weight excluding hydrogens is 356 g/mol. The maximum atomic E-state index is 12.7. The molecule has 4 fully saturated rings. The molecule has 0 radical (unpaired) electrons. The summed E-state index contributed by atoms with van der Waals surface area (Å²) in [7, 11) is 0. The van der Waals surface area contributed by atoms with E-state index >= 15 is 0 Å². The van der Waals surface area contributed by atoms with Crippen molar-refractivity contribution in [3.05, 3.63) is 29.8 Å². The summed E-state index contributed by atoms with van der Waals surface area (Å²) in [6, 6.07) is 7.32. The van der Waals surface area contributed by atoms with Gasteiger partial charge in [0.15, 0.2) is 5.11 Å². The minimum Gasteiger partial charge on any atom is -0.491 e. The van der Waals surface area contributed by atoms with Gasteiger partial charge in [0.1, 0.15) is 5.75 Å². The van der Waals surface area contributed by atoms with Crippen molar-refractivity contribution in [2.75, 3.05) is 0 Å². The maximum absolute atomic E-state index is 12.7. The Labute approximate surface area is 167 Å². The van der Waals surface area contributed by atoms with Crippen LogP contribution in [0, 0.1) is 17.8 Å². The molecule has 4 aliphatic carbocycles. The van der Waals surface area contributed by atoms with Crippen molar-refractivity contribution in [1.29, 1.82) is 0 Å². The van der Waals surface area contributed by atoms with Crippen LogP contribution in [0.25, 0.3) is 0 Å². The van der Waals surface area contributed by atoms with Gasteiger partial charge in [-0.05, 0) is 100 Å². The van der Waals surface area contributed by atoms with Crippen LogP contribution in [0.2, 0.25) is 0 Å². The van der Waals surface area contributed by atoms with Crippen molar-refractivity contribution < 1.29 is 9.53 Å². The fourth-order valence-electron chi connectivity index (χ4n) is 5.74. The molecule has 1 aromatic rings. The van der Waals surface area contributed by atoms with Crippen LogP contribution in [0.3, 0.4) is 0 Å². The number of thiocarbonyl (C=S) groups is 1. The lowest BCUT2D eigenvalue weighted by Gasteiger charge is -2.57. The van der Waals surface area contributed by atoms with Gasteiger partial charge < -0.3 is 10.1 Å². The number of ether oxygens (including phenoxy) is 1. The van der Waals surface area contributed by atoms with Crippen molar-refractivity contribution in [2.45, 2.75) is 70.4 Å². The molecule has 5 heteroatoms. The predicted octanol–water partition coefficient (Wildman–Crippen LogP) is 4.44. The van der Waals surface area contributed by atoms with Gasteiger partial charge in [-0.25, -0.2) is 0 Å². The van der Waals surface area contributed by atoms with Gasteiger partial charge in [-0.1, -0.05) is 13.0 Å². The highest BCUT2D eigenvalue weighted by atomic mass is 32.1.